The van der Waals surface area contributed by atoms with Gasteiger partial charge in [0.1, 0.15) is 0 Å². The fourth-order valence-electron chi connectivity index (χ4n) is 3.08. The van der Waals surface area contributed by atoms with E-state index in [1.165, 1.54) is 6.07 Å². The quantitative estimate of drug-likeness (QED) is 0.503. The highest BCUT2D eigenvalue weighted by Gasteiger charge is 2.32. The third kappa shape index (κ3) is 4.45. The number of rotatable bonds is 5. The number of ketones is 1. The number of halogens is 3. The molecular formula is C23H19F3O. The molecule has 0 radical (unpaired) electrons. The fourth-order valence-corrected chi connectivity index (χ4v) is 3.08. The van der Waals surface area contributed by atoms with Crippen LogP contribution in [-0.4, -0.2) is 5.78 Å². The zero-order valence-corrected chi connectivity index (χ0v) is 14.9. The first-order valence-corrected chi connectivity index (χ1v) is 8.70. The number of benzene rings is 3. The van der Waals surface area contributed by atoms with Crippen molar-refractivity contribution in [2.24, 2.45) is 0 Å². The summed E-state index contributed by atoms with van der Waals surface area (Å²) in [6.07, 6.45) is -3.34. The zero-order valence-electron chi connectivity index (χ0n) is 14.9. The first-order valence-electron chi connectivity index (χ1n) is 8.70. The average molecular weight is 368 g/mol. The van der Waals surface area contributed by atoms with Crippen LogP contribution in [0.25, 0.3) is 0 Å². The molecule has 27 heavy (non-hydrogen) atoms. The van der Waals surface area contributed by atoms with E-state index in [1.54, 1.807) is 31.2 Å². The third-order valence-electron chi connectivity index (χ3n) is 4.60. The van der Waals surface area contributed by atoms with E-state index in [2.05, 4.69) is 0 Å². The fraction of sp³-hybridized carbons (Fsp3) is 0.174. The maximum atomic E-state index is 13.2. The highest BCUT2D eigenvalue weighted by Crippen LogP contribution is 2.32. The summed E-state index contributed by atoms with van der Waals surface area (Å²) in [7, 11) is 0. The van der Waals surface area contributed by atoms with Crippen LogP contribution in [0.2, 0.25) is 0 Å². The van der Waals surface area contributed by atoms with Crippen LogP contribution < -0.4 is 0 Å². The summed E-state index contributed by atoms with van der Waals surface area (Å²) in [5.41, 5.74) is 2.19. The Bertz CT molecular complexity index is 943. The molecule has 0 heterocycles. The number of alkyl halides is 3. The van der Waals surface area contributed by atoms with Gasteiger partial charge in [-0.1, -0.05) is 60.7 Å². The van der Waals surface area contributed by atoms with Crippen molar-refractivity contribution in [3.63, 3.8) is 0 Å². The molecule has 0 spiro atoms. The maximum Gasteiger partial charge on any atom is 0.416 e. The second kappa shape index (κ2) is 7.78. The van der Waals surface area contributed by atoms with E-state index >= 15 is 0 Å². The molecule has 0 saturated heterocycles. The van der Waals surface area contributed by atoms with Crippen molar-refractivity contribution in [1.29, 1.82) is 0 Å². The summed E-state index contributed by atoms with van der Waals surface area (Å²) in [6, 6.07) is 20.1. The molecule has 0 aromatic heterocycles. The molecule has 0 saturated carbocycles. The first-order chi connectivity index (χ1) is 12.9. The SMILES string of the molecule is Cc1ccccc1C(=O)c1cc(C(F)(F)F)ccc1CCc1ccccc1. The standard InChI is InChI=1S/C23H19F3O/c1-16-7-5-6-10-20(16)22(27)21-15-19(23(24,25)26)14-13-18(21)12-11-17-8-3-2-4-9-17/h2-10,13-15H,11-12H2,1H3. The van der Waals surface area contributed by atoms with Crippen molar-refractivity contribution >= 4 is 5.78 Å². The molecule has 0 aliphatic carbocycles. The second-order valence-corrected chi connectivity index (χ2v) is 6.50. The molecule has 0 aliphatic heterocycles. The van der Waals surface area contributed by atoms with E-state index in [-0.39, 0.29) is 11.3 Å². The van der Waals surface area contributed by atoms with Gasteiger partial charge in [-0.05, 0) is 48.6 Å². The second-order valence-electron chi connectivity index (χ2n) is 6.50. The van der Waals surface area contributed by atoms with Gasteiger partial charge in [-0.2, -0.15) is 13.2 Å². The molecule has 0 N–H and O–H groups in total. The van der Waals surface area contributed by atoms with E-state index in [9.17, 15) is 18.0 Å². The summed E-state index contributed by atoms with van der Waals surface area (Å²) in [5.74, 6) is -0.373. The number of carbonyl (C=O) groups excluding carboxylic acids is 1. The Kier molecular flexibility index (Phi) is 5.45. The van der Waals surface area contributed by atoms with Crippen molar-refractivity contribution in [1.82, 2.24) is 0 Å². The van der Waals surface area contributed by atoms with E-state index in [4.69, 9.17) is 0 Å². The molecule has 4 heteroatoms. The minimum absolute atomic E-state index is 0.120. The van der Waals surface area contributed by atoms with Gasteiger partial charge in [-0.3, -0.25) is 4.79 Å². The van der Waals surface area contributed by atoms with Gasteiger partial charge in [-0.15, -0.1) is 0 Å². The van der Waals surface area contributed by atoms with Crippen LogP contribution in [0.5, 0.6) is 0 Å². The molecule has 1 nitrogen and oxygen atoms in total. The van der Waals surface area contributed by atoms with Crippen molar-refractivity contribution in [3.8, 4) is 0 Å². The Labute approximate surface area is 156 Å². The minimum Gasteiger partial charge on any atom is -0.289 e. The lowest BCUT2D eigenvalue weighted by Crippen LogP contribution is -2.12. The van der Waals surface area contributed by atoms with E-state index < -0.39 is 11.7 Å². The van der Waals surface area contributed by atoms with E-state index in [1.807, 2.05) is 30.3 Å². The molecule has 138 valence electrons. The lowest BCUT2D eigenvalue weighted by molar-refractivity contribution is -0.137. The van der Waals surface area contributed by atoms with Crippen molar-refractivity contribution in [3.05, 3.63) is 106 Å². The summed E-state index contributed by atoms with van der Waals surface area (Å²) < 4.78 is 39.6. The van der Waals surface area contributed by atoms with Gasteiger partial charge in [-0.25, -0.2) is 0 Å². The van der Waals surface area contributed by atoms with Crippen LogP contribution in [0.3, 0.4) is 0 Å². The van der Waals surface area contributed by atoms with Crippen LogP contribution in [0.4, 0.5) is 13.2 Å². The Morgan fingerprint density at radius 1 is 0.815 bits per heavy atom. The Morgan fingerprint density at radius 3 is 2.15 bits per heavy atom. The normalized spacial score (nSPS) is 11.4. The summed E-state index contributed by atoms with van der Waals surface area (Å²) >= 11 is 0. The monoisotopic (exact) mass is 368 g/mol. The Balaban J connectivity index is 2.00. The van der Waals surface area contributed by atoms with Crippen molar-refractivity contribution in [2.45, 2.75) is 25.9 Å². The maximum absolute atomic E-state index is 13.2. The molecule has 0 aliphatic rings. The van der Waals surface area contributed by atoms with Gasteiger partial charge in [0, 0.05) is 11.1 Å². The Morgan fingerprint density at radius 2 is 1.48 bits per heavy atom. The molecule has 0 fully saturated rings. The molecule has 0 bridgehead atoms. The Hall–Kier alpha value is -2.88. The van der Waals surface area contributed by atoms with E-state index in [0.717, 1.165) is 23.3 Å². The smallest absolute Gasteiger partial charge is 0.289 e. The van der Waals surface area contributed by atoms with Gasteiger partial charge in [0.2, 0.25) is 0 Å². The number of hydrogen-bond acceptors (Lipinski definition) is 1. The highest BCUT2D eigenvalue weighted by molar-refractivity contribution is 6.10. The third-order valence-corrected chi connectivity index (χ3v) is 4.60. The van der Waals surface area contributed by atoms with Crippen LogP contribution in [-0.2, 0) is 19.0 Å². The number of hydrogen-bond donors (Lipinski definition) is 0. The molecule has 0 unspecified atom stereocenters. The van der Waals surface area contributed by atoms with Crippen LogP contribution in [0.1, 0.15) is 38.2 Å². The first kappa shape index (κ1) is 18.9. The zero-order chi connectivity index (χ0) is 19.4. The number of carbonyl (C=O) groups is 1. The topological polar surface area (TPSA) is 17.1 Å². The van der Waals surface area contributed by atoms with Gasteiger partial charge in [0.15, 0.2) is 5.78 Å². The highest BCUT2D eigenvalue weighted by atomic mass is 19.4. The summed E-state index contributed by atoms with van der Waals surface area (Å²) in [4.78, 5) is 13.0. The van der Waals surface area contributed by atoms with Crippen molar-refractivity contribution < 1.29 is 18.0 Å². The molecular weight excluding hydrogens is 349 g/mol. The van der Waals surface area contributed by atoms with Gasteiger partial charge in [0.05, 0.1) is 5.56 Å². The van der Waals surface area contributed by atoms with Crippen LogP contribution in [0, 0.1) is 6.92 Å². The molecule has 0 amide bonds. The largest absolute Gasteiger partial charge is 0.416 e. The van der Waals surface area contributed by atoms with Gasteiger partial charge >= 0.3 is 6.18 Å². The lowest BCUT2D eigenvalue weighted by Gasteiger charge is -2.14. The average Bonchev–Trinajstić information content (AvgIpc) is 2.66. The predicted molar refractivity (Wildman–Crippen MR) is 99.9 cm³/mol. The summed E-state index contributed by atoms with van der Waals surface area (Å²) in [6.45, 7) is 1.78. The van der Waals surface area contributed by atoms with E-state index in [0.29, 0.717) is 24.0 Å². The molecule has 3 rings (SSSR count). The van der Waals surface area contributed by atoms with Crippen LogP contribution in [0.15, 0.2) is 72.8 Å². The van der Waals surface area contributed by atoms with Crippen LogP contribution >= 0.6 is 0 Å². The minimum atomic E-state index is -4.49. The number of aryl methyl sites for hydroxylation is 3. The lowest BCUT2D eigenvalue weighted by atomic mass is 9.91. The summed E-state index contributed by atoms with van der Waals surface area (Å²) in [5, 5.41) is 0. The molecule has 3 aromatic carbocycles. The van der Waals surface area contributed by atoms with Crippen molar-refractivity contribution in [2.75, 3.05) is 0 Å². The molecule has 3 aromatic rings. The molecule has 0 atom stereocenters. The predicted octanol–water partition coefficient (Wildman–Crippen LogP) is 6.03. The van der Waals surface area contributed by atoms with Gasteiger partial charge in [0.25, 0.3) is 0 Å². The van der Waals surface area contributed by atoms with Gasteiger partial charge < -0.3 is 0 Å².